The normalized spacial score (nSPS) is 24.2. The van der Waals surface area contributed by atoms with Gasteiger partial charge in [0.05, 0.1) is 0 Å². The van der Waals surface area contributed by atoms with Crippen LogP contribution in [-0.2, 0) is 11.3 Å². The third-order valence-corrected chi connectivity index (χ3v) is 4.69. The second kappa shape index (κ2) is 5.95. The first-order valence-electron chi connectivity index (χ1n) is 7.67. The standard InChI is InChI=1S/C15H23N3O2/c1-2-17-8-6-16-14(15(17)19)18-7-3-13(11-18)12-4-9-20-10-5-12/h6,8,12-13H,2-5,7,9-11H2,1H3/t13-/m0/s1. The molecule has 0 unspecified atom stereocenters. The largest absolute Gasteiger partial charge is 0.381 e. The molecule has 0 N–H and O–H groups in total. The van der Waals surface area contributed by atoms with Crippen molar-refractivity contribution in [3.63, 3.8) is 0 Å². The molecular weight excluding hydrogens is 254 g/mol. The van der Waals surface area contributed by atoms with Crippen LogP contribution in [0, 0.1) is 11.8 Å². The number of aryl methyl sites for hydroxylation is 1. The maximum Gasteiger partial charge on any atom is 0.293 e. The van der Waals surface area contributed by atoms with Crippen LogP contribution in [0.1, 0.15) is 26.2 Å². The first-order valence-corrected chi connectivity index (χ1v) is 7.67. The molecule has 2 fully saturated rings. The van der Waals surface area contributed by atoms with Crippen molar-refractivity contribution in [1.82, 2.24) is 9.55 Å². The van der Waals surface area contributed by atoms with E-state index in [0.717, 1.165) is 32.2 Å². The second-order valence-electron chi connectivity index (χ2n) is 5.79. The Hall–Kier alpha value is -1.36. The summed E-state index contributed by atoms with van der Waals surface area (Å²) in [6.07, 6.45) is 7.01. The van der Waals surface area contributed by atoms with Gasteiger partial charge in [0.15, 0.2) is 5.82 Å². The third kappa shape index (κ3) is 2.59. The van der Waals surface area contributed by atoms with Crippen LogP contribution < -0.4 is 10.5 Å². The first kappa shape index (κ1) is 13.6. The molecule has 5 nitrogen and oxygen atoms in total. The lowest BCUT2D eigenvalue weighted by molar-refractivity contribution is 0.0500. The summed E-state index contributed by atoms with van der Waals surface area (Å²) in [4.78, 5) is 18.8. The predicted molar refractivity (Wildman–Crippen MR) is 78.0 cm³/mol. The first-order chi connectivity index (χ1) is 9.79. The highest BCUT2D eigenvalue weighted by atomic mass is 16.5. The number of anilines is 1. The zero-order chi connectivity index (χ0) is 13.9. The number of hydrogen-bond donors (Lipinski definition) is 0. The third-order valence-electron chi connectivity index (χ3n) is 4.69. The van der Waals surface area contributed by atoms with Crippen molar-refractivity contribution in [3.8, 4) is 0 Å². The van der Waals surface area contributed by atoms with Crippen LogP contribution in [0.5, 0.6) is 0 Å². The molecule has 2 saturated heterocycles. The zero-order valence-electron chi connectivity index (χ0n) is 12.1. The average Bonchev–Trinajstić information content (AvgIpc) is 2.98. The molecule has 3 heterocycles. The second-order valence-corrected chi connectivity index (χ2v) is 5.79. The van der Waals surface area contributed by atoms with Gasteiger partial charge in [0.25, 0.3) is 5.56 Å². The van der Waals surface area contributed by atoms with E-state index >= 15 is 0 Å². The van der Waals surface area contributed by atoms with Gasteiger partial charge in [-0.25, -0.2) is 4.98 Å². The van der Waals surface area contributed by atoms with Gasteiger partial charge in [0.1, 0.15) is 0 Å². The summed E-state index contributed by atoms with van der Waals surface area (Å²) in [5.74, 6) is 2.07. The fourth-order valence-electron chi connectivity index (χ4n) is 3.45. The van der Waals surface area contributed by atoms with E-state index in [4.69, 9.17) is 4.74 Å². The molecule has 0 aliphatic carbocycles. The summed E-state index contributed by atoms with van der Waals surface area (Å²) in [5.41, 5.74) is 0.0441. The van der Waals surface area contributed by atoms with Gasteiger partial charge in [-0.3, -0.25) is 4.79 Å². The Morgan fingerprint density at radius 2 is 2.10 bits per heavy atom. The Morgan fingerprint density at radius 3 is 2.85 bits per heavy atom. The Bertz CT molecular complexity index is 508. The lowest BCUT2D eigenvalue weighted by Gasteiger charge is -2.27. The highest BCUT2D eigenvalue weighted by molar-refractivity contribution is 5.37. The number of nitrogens with zero attached hydrogens (tertiary/aromatic N) is 3. The minimum Gasteiger partial charge on any atom is -0.381 e. The summed E-state index contributed by atoms with van der Waals surface area (Å²) in [5, 5.41) is 0. The van der Waals surface area contributed by atoms with E-state index < -0.39 is 0 Å². The molecule has 1 atom stereocenters. The maximum absolute atomic E-state index is 12.3. The van der Waals surface area contributed by atoms with Gasteiger partial charge in [-0.1, -0.05) is 0 Å². The summed E-state index contributed by atoms with van der Waals surface area (Å²) in [6.45, 7) is 6.41. The van der Waals surface area contributed by atoms with Gasteiger partial charge in [-0.2, -0.15) is 0 Å². The van der Waals surface area contributed by atoms with Crippen molar-refractivity contribution in [2.45, 2.75) is 32.7 Å². The molecule has 3 rings (SSSR count). The summed E-state index contributed by atoms with van der Waals surface area (Å²) in [6, 6.07) is 0. The monoisotopic (exact) mass is 277 g/mol. The molecule has 0 bridgehead atoms. The van der Waals surface area contributed by atoms with Crippen LogP contribution in [0.4, 0.5) is 5.82 Å². The van der Waals surface area contributed by atoms with E-state index in [1.807, 2.05) is 6.92 Å². The molecule has 20 heavy (non-hydrogen) atoms. The van der Waals surface area contributed by atoms with Gasteiger partial charge in [0.2, 0.25) is 0 Å². The van der Waals surface area contributed by atoms with Crippen LogP contribution in [0.2, 0.25) is 0 Å². The zero-order valence-corrected chi connectivity index (χ0v) is 12.1. The minimum absolute atomic E-state index is 0.0441. The van der Waals surface area contributed by atoms with E-state index in [-0.39, 0.29) is 5.56 Å². The fourth-order valence-corrected chi connectivity index (χ4v) is 3.45. The van der Waals surface area contributed by atoms with E-state index in [9.17, 15) is 4.79 Å². The van der Waals surface area contributed by atoms with Crippen molar-refractivity contribution < 1.29 is 4.74 Å². The summed E-state index contributed by atoms with van der Waals surface area (Å²) in [7, 11) is 0. The summed E-state index contributed by atoms with van der Waals surface area (Å²) < 4.78 is 7.17. The molecule has 0 aromatic carbocycles. The van der Waals surface area contributed by atoms with Crippen LogP contribution in [0.3, 0.4) is 0 Å². The van der Waals surface area contributed by atoms with E-state index in [1.165, 1.54) is 19.3 Å². The highest BCUT2D eigenvalue weighted by Gasteiger charge is 2.32. The molecule has 2 aliphatic heterocycles. The molecule has 0 spiro atoms. The molecule has 5 heteroatoms. The van der Waals surface area contributed by atoms with Crippen molar-refractivity contribution in [2.75, 3.05) is 31.2 Å². The summed E-state index contributed by atoms with van der Waals surface area (Å²) >= 11 is 0. The molecule has 1 aromatic rings. The van der Waals surface area contributed by atoms with E-state index in [0.29, 0.717) is 18.3 Å². The molecule has 0 saturated carbocycles. The number of rotatable bonds is 3. The molecule has 2 aliphatic rings. The molecule has 0 amide bonds. The van der Waals surface area contributed by atoms with Crippen molar-refractivity contribution in [3.05, 3.63) is 22.7 Å². The Labute approximate surface area is 119 Å². The lowest BCUT2D eigenvalue weighted by Crippen LogP contribution is -2.33. The van der Waals surface area contributed by atoms with E-state index in [1.54, 1.807) is 17.0 Å². The van der Waals surface area contributed by atoms with Crippen LogP contribution >= 0.6 is 0 Å². The van der Waals surface area contributed by atoms with Gasteiger partial charge in [-0.15, -0.1) is 0 Å². The highest BCUT2D eigenvalue weighted by Crippen LogP contribution is 2.31. The quantitative estimate of drug-likeness (QED) is 0.840. The number of hydrogen-bond acceptors (Lipinski definition) is 4. The molecule has 1 aromatic heterocycles. The number of ether oxygens (including phenoxy) is 1. The predicted octanol–water partition coefficient (Wildman–Crippen LogP) is 1.52. The van der Waals surface area contributed by atoms with Crippen LogP contribution in [0.15, 0.2) is 17.2 Å². The van der Waals surface area contributed by atoms with E-state index in [2.05, 4.69) is 9.88 Å². The SMILES string of the molecule is CCn1ccnc(N2CC[C@H](C3CCOCC3)C2)c1=O. The van der Waals surface area contributed by atoms with Gasteiger partial charge >= 0.3 is 0 Å². The fraction of sp³-hybridized carbons (Fsp3) is 0.733. The van der Waals surface area contributed by atoms with Crippen molar-refractivity contribution in [1.29, 1.82) is 0 Å². The maximum atomic E-state index is 12.3. The van der Waals surface area contributed by atoms with Gasteiger partial charge in [0, 0.05) is 45.2 Å². The smallest absolute Gasteiger partial charge is 0.293 e. The van der Waals surface area contributed by atoms with Crippen molar-refractivity contribution >= 4 is 5.82 Å². The van der Waals surface area contributed by atoms with Gasteiger partial charge in [-0.05, 0) is 38.0 Å². The average molecular weight is 277 g/mol. The Balaban J connectivity index is 1.72. The molecule has 110 valence electrons. The number of aromatic nitrogens is 2. The Morgan fingerprint density at radius 1 is 1.30 bits per heavy atom. The lowest BCUT2D eigenvalue weighted by atomic mass is 9.85. The van der Waals surface area contributed by atoms with Crippen LogP contribution in [0.25, 0.3) is 0 Å². The Kier molecular flexibility index (Phi) is 4.05. The molecule has 0 radical (unpaired) electrons. The van der Waals surface area contributed by atoms with Gasteiger partial charge < -0.3 is 14.2 Å². The minimum atomic E-state index is 0.0441. The van der Waals surface area contributed by atoms with Crippen LogP contribution in [-0.4, -0.2) is 35.9 Å². The topological polar surface area (TPSA) is 47.4 Å². The van der Waals surface area contributed by atoms with Crippen molar-refractivity contribution in [2.24, 2.45) is 11.8 Å². The molecular formula is C15H23N3O2.